The first-order chi connectivity index (χ1) is 10.8. The number of thiazole rings is 1. The molecule has 3 N–H and O–H groups in total. The van der Waals surface area contributed by atoms with Gasteiger partial charge in [0.2, 0.25) is 0 Å². The van der Waals surface area contributed by atoms with Gasteiger partial charge in [0.1, 0.15) is 5.75 Å². The Bertz CT molecular complexity index is 667. The first-order valence-electron chi connectivity index (χ1n) is 6.61. The highest BCUT2D eigenvalue weighted by molar-refractivity contribution is 7.09. The molecule has 2 rings (SSSR count). The van der Waals surface area contributed by atoms with Gasteiger partial charge < -0.3 is 15.8 Å². The highest BCUT2D eigenvalue weighted by Crippen LogP contribution is 2.22. The summed E-state index contributed by atoms with van der Waals surface area (Å²) in [7, 11) is 0. The molecule has 0 radical (unpaired) electrons. The number of nitrogens with one attached hydrogen (secondary N) is 1. The first kappa shape index (κ1) is 17.1. The molecule has 0 fully saturated rings. The molecule has 0 bridgehead atoms. The van der Waals surface area contributed by atoms with Gasteiger partial charge in [0.15, 0.2) is 5.96 Å². The molecule has 0 unspecified atom stereocenters. The number of aryl methyl sites for hydroxylation is 1. The lowest BCUT2D eigenvalue weighted by Crippen LogP contribution is -2.31. The van der Waals surface area contributed by atoms with Crippen molar-refractivity contribution in [3.63, 3.8) is 0 Å². The van der Waals surface area contributed by atoms with E-state index in [9.17, 15) is 13.2 Å². The molecular formula is C14H15F3N4OS. The molecule has 0 atom stereocenters. The number of nitrogens with zero attached hydrogens (tertiary/aromatic N) is 2. The number of rotatable bonds is 5. The summed E-state index contributed by atoms with van der Waals surface area (Å²) in [6.45, 7) is 2.70. The second-order valence-electron chi connectivity index (χ2n) is 4.61. The number of ether oxygens (including phenoxy) is 1. The van der Waals surface area contributed by atoms with Crippen LogP contribution in [0.1, 0.15) is 16.1 Å². The minimum atomic E-state index is -4.69. The zero-order valence-corrected chi connectivity index (χ0v) is 13.0. The lowest BCUT2D eigenvalue weighted by molar-refractivity contribution is -0.274. The largest absolute Gasteiger partial charge is 0.573 e. The van der Waals surface area contributed by atoms with Crippen molar-refractivity contribution in [1.82, 2.24) is 10.3 Å². The Kier molecular flexibility index (Phi) is 5.43. The summed E-state index contributed by atoms with van der Waals surface area (Å²) in [6.07, 6.45) is -4.69. The van der Waals surface area contributed by atoms with Crippen LogP contribution in [-0.4, -0.2) is 17.3 Å². The van der Waals surface area contributed by atoms with Gasteiger partial charge in [0.05, 0.1) is 24.3 Å². The molecule has 2 aromatic rings. The number of guanidine groups is 1. The van der Waals surface area contributed by atoms with Gasteiger partial charge in [-0.05, 0) is 24.6 Å². The Morgan fingerprint density at radius 2 is 2.04 bits per heavy atom. The standard InChI is InChI=1S/C14H15F3N4OS/c1-9-12(23-8-21-9)7-20-13(18)19-6-10-2-4-11(5-3-10)22-14(15,16)17/h2-5,8H,6-7H2,1H3,(H3,18,19,20). The molecule has 0 aliphatic rings. The predicted molar refractivity (Wildman–Crippen MR) is 82.1 cm³/mol. The lowest BCUT2D eigenvalue weighted by Gasteiger charge is -2.09. The van der Waals surface area contributed by atoms with Crippen LogP contribution in [-0.2, 0) is 13.1 Å². The minimum absolute atomic E-state index is 0.257. The summed E-state index contributed by atoms with van der Waals surface area (Å²) in [5.41, 5.74) is 9.17. The van der Waals surface area contributed by atoms with E-state index in [0.717, 1.165) is 16.1 Å². The summed E-state index contributed by atoms with van der Waals surface area (Å²) in [5, 5.41) is 2.96. The quantitative estimate of drug-likeness (QED) is 0.646. The molecule has 0 saturated carbocycles. The maximum Gasteiger partial charge on any atom is 0.573 e. The molecule has 124 valence electrons. The van der Waals surface area contributed by atoms with Crippen molar-refractivity contribution < 1.29 is 17.9 Å². The Balaban J connectivity index is 1.85. The first-order valence-corrected chi connectivity index (χ1v) is 7.49. The molecule has 0 saturated heterocycles. The van der Waals surface area contributed by atoms with Gasteiger partial charge in [-0.25, -0.2) is 9.98 Å². The number of alkyl halides is 3. The second kappa shape index (κ2) is 7.32. The van der Waals surface area contributed by atoms with E-state index in [-0.39, 0.29) is 18.3 Å². The summed E-state index contributed by atoms with van der Waals surface area (Å²) >= 11 is 1.52. The highest BCUT2D eigenvalue weighted by atomic mass is 32.1. The van der Waals surface area contributed by atoms with Crippen LogP contribution in [0.4, 0.5) is 13.2 Å². The van der Waals surface area contributed by atoms with Crippen LogP contribution >= 0.6 is 11.3 Å². The van der Waals surface area contributed by atoms with Gasteiger partial charge in [-0.1, -0.05) is 12.1 Å². The van der Waals surface area contributed by atoms with Crippen molar-refractivity contribution in [1.29, 1.82) is 0 Å². The van der Waals surface area contributed by atoms with E-state index in [4.69, 9.17) is 5.73 Å². The van der Waals surface area contributed by atoms with Crippen LogP contribution in [0, 0.1) is 6.92 Å². The summed E-state index contributed by atoms with van der Waals surface area (Å²) in [4.78, 5) is 9.33. The van der Waals surface area contributed by atoms with E-state index in [1.807, 2.05) is 6.92 Å². The monoisotopic (exact) mass is 344 g/mol. The van der Waals surface area contributed by atoms with Gasteiger partial charge in [0.25, 0.3) is 0 Å². The molecule has 1 aromatic heterocycles. The van der Waals surface area contributed by atoms with Gasteiger partial charge in [-0.15, -0.1) is 24.5 Å². The van der Waals surface area contributed by atoms with Crippen LogP contribution in [0.3, 0.4) is 0 Å². The molecule has 0 aliphatic carbocycles. The average molecular weight is 344 g/mol. The maximum absolute atomic E-state index is 12.1. The van der Waals surface area contributed by atoms with Crippen LogP contribution in [0.5, 0.6) is 5.75 Å². The zero-order chi connectivity index (χ0) is 16.9. The van der Waals surface area contributed by atoms with Crippen molar-refractivity contribution in [3.8, 4) is 5.75 Å². The fourth-order valence-electron chi connectivity index (χ4n) is 1.70. The van der Waals surface area contributed by atoms with Crippen LogP contribution < -0.4 is 15.8 Å². The third-order valence-electron chi connectivity index (χ3n) is 2.86. The molecule has 1 heterocycles. The third kappa shape index (κ3) is 5.78. The zero-order valence-electron chi connectivity index (χ0n) is 12.2. The van der Waals surface area contributed by atoms with Gasteiger partial charge in [-0.3, -0.25) is 0 Å². The summed E-state index contributed by atoms with van der Waals surface area (Å²) < 4.78 is 40.0. The van der Waals surface area contributed by atoms with Crippen LogP contribution in [0.15, 0.2) is 34.8 Å². The number of benzene rings is 1. The number of hydrogen-bond donors (Lipinski definition) is 2. The maximum atomic E-state index is 12.1. The third-order valence-corrected chi connectivity index (χ3v) is 3.80. The number of halogens is 3. The van der Waals surface area contributed by atoms with E-state index in [1.165, 1.54) is 35.6 Å². The van der Waals surface area contributed by atoms with Crippen molar-refractivity contribution in [2.75, 3.05) is 0 Å². The van der Waals surface area contributed by atoms with Crippen LogP contribution in [0.2, 0.25) is 0 Å². The SMILES string of the molecule is Cc1ncsc1CNC(N)=NCc1ccc(OC(F)(F)F)cc1. The molecule has 0 amide bonds. The summed E-state index contributed by atoms with van der Waals surface area (Å²) in [6, 6.07) is 5.49. The van der Waals surface area contributed by atoms with E-state index >= 15 is 0 Å². The summed E-state index contributed by atoms with van der Waals surface area (Å²) in [5.74, 6) is -0.00887. The molecule has 5 nitrogen and oxygen atoms in total. The van der Waals surface area contributed by atoms with Gasteiger partial charge in [0, 0.05) is 4.88 Å². The topological polar surface area (TPSA) is 72.5 Å². The number of hydrogen-bond acceptors (Lipinski definition) is 4. The van der Waals surface area contributed by atoms with Crippen molar-refractivity contribution in [3.05, 3.63) is 45.9 Å². The predicted octanol–water partition coefficient (Wildman–Crippen LogP) is 2.95. The Morgan fingerprint density at radius 3 is 2.61 bits per heavy atom. The molecule has 0 aliphatic heterocycles. The Hall–Kier alpha value is -2.29. The van der Waals surface area contributed by atoms with Gasteiger partial charge in [-0.2, -0.15) is 0 Å². The second-order valence-corrected chi connectivity index (χ2v) is 5.55. The Morgan fingerprint density at radius 1 is 1.35 bits per heavy atom. The highest BCUT2D eigenvalue weighted by Gasteiger charge is 2.30. The van der Waals surface area contributed by atoms with E-state index in [1.54, 1.807) is 5.51 Å². The van der Waals surface area contributed by atoms with Crippen LogP contribution in [0.25, 0.3) is 0 Å². The Labute approximate surface area is 135 Å². The van der Waals surface area contributed by atoms with Gasteiger partial charge >= 0.3 is 6.36 Å². The van der Waals surface area contributed by atoms with E-state index in [0.29, 0.717) is 6.54 Å². The smallest absolute Gasteiger partial charge is 0.406 e. The number of aliphatic imine (C=N–C) groups is 1. The molecular weight excluding hydrogens is 329 g/mol. The average Bonchev–Trinajstić information content (AvgIpc) is 2.88. The molecule has 23 heavy (non-hydrogen) atoms. The van der Waals surface area contributed by atoms with E-state index < -0.39 is 6.36 Å². The molecule has 0 spiro atoms. The lowest BCUT2D eigenvalue weighted by atomic mass is 10.2. The normalized spacial score (nSPS) is 12.3. The minimum Gasteiger partial charge on any atom is -0.406 e. The van der Waals surface area contributed by atoms with Crippen molar-refractivity contribution in [2.45, 2.75) is 26.4 Å². The molecule has 1 aromatic carbocycles. The molecule has 9 heteroatoms. The number of aromatic nitrogens is 1. The fraction of sp³-hybridized carbons (Fsp3) is 0.286. The van der Waals surface area contributed by atoms with E-state index in [2.05, 4.69) is 20.0 Å². The number of nitrogens with two attached hydrogens (primary N) is 1. The van der Waals surface area contributed by atoms with Crippen molar-refractivity contribution >= 4 is 17.3 Å². The fourth-order valence-corrected chi connectivity index (χ4v) is 2.41. The van der Waals surface area contributed by atoms with Crippen molar-refractivity contribution in [2.24, 2.45) is 10.7 Å².